The van der Waals surface area contributed by atoms with E-state index in [9.17, 15) is 9.18 Å². The van der Waals surface area contributed by atoms with Gasteiger partial charge >= 0.3 is 0 Å². The van der Waals surface area contributed by atoms with Gasteiger partial charge in [-0.15, -0.1) is 0 Å². The van der Waals surface area contributed by atoms with Crippen LogP contribution < -0.4 is 15.6 Å². The summed E-state index contributed by atoms with van der Waals surface area (Å²) in [4.78, 5) is 23.1. The van der Waals surface area contributed by atoms with Crippen molar-refractivity contribution in [2.75, 3.05) is 12.4 Å². The lowest BCUT2D eigenvalue weighted by Crippen LogP contribution is -2.18. The van der Waals surface area contributed by atoms with E-state index in [0.29, 0.717) is 36.0 Å². The van der Waals surface area contributed by atoms with Crippen LogP contribution in [0.2, 0.25) is 5.02 Å². The normalized spacial score (nSPS) is 13.0. The van der Waals surface area contributed by atoms with E-state index in [-0.39, 0.29) is 17.9 Å². The Labute approximate surface area is 213 Å². The molecule has 0 amide bonds. The second-order valence-corrected chi connectivity index (χ2v) is 9.08. The van der Waals surface area contributed by atoms with Crippen LogP contribution in [-0.4, -0.2) is 26.5 Å². The van der Waals surface area contributed by atoms with Gasteiger partial charge in [0.25, 0.3) is 5.56 Å². The Kier molecular flexibility index (Phi) is 6.97. The minimum atomic E-state index is -0.481. The fourth-order valence-electron chi connectivity index (χ4n) is 4.37. The van der Waals surface area contributed by atoms with Crippen LogP contribution in [0.3, 0.4) is 0 Å². The molecule has 2 aromatic heterocycles. The molecule has 4 aromatic rings. The Morgan fingerprint density at radius 1 is 1.03 bits per heavy atom. The van der Waals surface area contributed by atoms with Gasteiger partial charge in [0.05, 0.1) is 19.3 Å². The van der Waals surface area contributed by atoms with Gasteiger partial charge in [-0.05, 0) is 29.3 Å². The van der Waals surface area contributed by atoms with Crippen LogP contribution in [-0.2, 0) is 32.7 Å². The van der Waals surface area contributed by atoms with Crippen molar-refractivity contribution >= 4 is 17.4 Å². The molecule has 1 aliphatic rings. The van der Waals surface area contributed by atoms with Gasteiger partial charge in [0.15, 0.2) is 11.6 Å². The third-order valence-corrected chi connectivity index (χ3v) is 6.63. The molecule has 1 N–H and O–H groups in total. The maximum Gasteiger partial charge on any atom is 0.250 e. The number of nitrogens with zero attached hydrogens (tertiary/aromatic N) is 4. The quantitative estimate of drug-likeness (QED) is 0.377. The lowest BCUT2D eigenvalue weighted by molar-refractivity contribution is 0.274. The highest BCUT2D eigenvalue weighted by atomic mass is 35.5. The number of hydrogen-bond acceptors (Lipinski definition) is 6. The molecule has 1 aliphatic heterocycles. The summed E-state index contributed by atoms with van der Waals surface area (Å²) in [7, 11) is 1.42. The van der Waals surface area contributed by atoms with E-state index in [4.69, 9.17) is 16.3 Å². The SMILES string of the molecule is COc1ccc(Cl)c(CNc2ncnc3c2CN(Cc2ccc(Cn4ccccc4=O)cc2)C3)c1F. The zero-order valence-electron chi connectivity index (χ0n) is 19.7. The molecule has 0 saturated carbocycles. The van der Waals surface area contributed by atoms with E-state index in [1.807, 2.05) is 6.07 Å². The molecule has 3 heterocycles. The molecule has 7 nitrogen and oxygen atoms in total. The second-order valence-electron chi connectivity index (χ2n) is 8.67. The minimum Gasteiger partial charge on any atom is -0.494 e. The molecule has 9 heteroatoms. The van der Waals surface area contributed by atoms with Crippen molar-refractivity contribution in [3.8, 4) is 5.75 Å². The second kappa shape index (κ2) is 10.5. The van der Waals surface area contributed by atoms with E-state index in [1.165, 1.54) is 25.1 Å². The van der Waals surface area contributed by atoms with E-state index in [2.05, 4.69) is 44.5 Å². The van der Waals surface area contributed by atoms with Crippen molar-refractivity contribution in [2.24, 2.45) is 0 Å². The van der Waals surface area contributed by atoms with Gasteiger partial charge in [-0.3, -0.25) is 9.69 Å². The first kappa shape index (κ1) is 24.0. The first-order valence-electron chi connectivity index (χ1n) is 11.5. The Bertz CT molecular complexity index is 1440. The van der Waals surface area contributed by atoms with Gasteiger partial charge in [-0.25, -0.2) is 14.4 Å². The summed E-state index contributed by atoms with van der Waals surface area (Å²) >= 11 is 6.23. The van der Waals surface area contributed by atoms with E-state index in [0.717, 1.165) is 23.4 Å². The summed E-state index contributed by atoms with van der Waals surface area (Å²) in [5.74, 6) is 0.340. The fourth-order valence-corrected chi connectivity index (χ4v) is 4.58. The number of benzene rings is 2. The number of methoxy groups -OCH3 is 1. The maximum atomic E-state index is 14.7. The van der Waals surface area contributed by atoms with Crippen LogP contribution in [0.25, 0.3) is 0 Å². The summed E-state index contributed by atoms with van der Waals surface area (Å²) in [6.07, 6.45) is 3.31. The Hall–Kier alpha value is -3.75. The number of fused-ring (bicyclic) bond motifs is 1. The molecule has 36 heavy (non-hydrogen) atoms. The van der Waals surface area contributed by atoms with Crippen molar-refractivity contribution < 1.29 is 9.13 Å². The van der Waals surface area contributed by atoms with Gasteiger partial charge in [0.1, 0.15) is 12.1 Å². The summed E-state index contributed by atoms with van der Waals surface area (Å²) < 4.78 is 21.4. The summed E-state index contributed by atoms with van der Waals surface area (Å²) in [5, 5.41) is 3.56. The summed E-state index contributed by atoms with van der Waals surface area (Å²) in [6, 6.07) is 16.6. The van der Waals surface area contributed by atoms with Gasteiger partial charge in [-0.1, -0.05) is 41.9 Å². The number of hydrogen-bond donors (Lipinski definition) is 1. The van der Waals surface area contributed by atoms with Crippen molar-refractivity contribution in [1.82, 2.24) is 19.4 Å². The monoisotopic (exact) mass is 505 g/mol. The molecule has 184 valence electrons. The maximum absolute atomic E-state index is 14.7. The standard InChI is InChI=1S/C27H25ClFN5O2/c1-36-24-10-9-22(28)20(26(24)29)12-30-27-21-15-33(16-23(21)31-17-32-27)13-18-5-7-19(8-6-18)14-34-11-3-2-4-25(34)35/h2-11,17H,12-16H2,1H3,(H,30,31,32). The fraction of sp³-hybridized carbons (Fsp3) is 0.222. The molecule has 0 bridgehead atoms. The molecule has 0 saturated heterocycles. The number of nitrogens with one attached hydrogen (secondary N) is 1. The molecule has 2 aromatic carbocycles. The number of rotatable bonds is 8. The highest BCUT2D eigenvalue weighted by Gasteiger charge is 2.24. The van der Waals surface area contributed by atoms with Crippen molar-refractivity contribution in [2.45, 2.75) is 32.7 Å². The van der Waals surface area contributed by atoms with Gasteiger partial charge in [-0.2, -0.15) is 0 Å². The topological polar surface area (TPSA) is 72.3 Å². The average molecular weight is 506 g/mol. The molecule has 0 aliphatic carbocycles. The molecular weight excluding hydrogens is 481 g/mol. The molecule has 0 spiro atoms. The van der Waals surface area contributed by atoms with E-state index < -0.39 is 5.82 Å². The first-order chi connectivity index (χ1) is 17.5. The number of halogens is 2. The molecule has 0 atom stereocenters. The lowest BCUT2D eigenvalue weighted by atomic mass is 10.1. The molecule has 5 rings (SSSR count). The van der Waals surface area contributed by atoms with Crippen LogP contribution >= 0.6 is 11.6 Å². The largest absolute Gasteiger partial charge is 0.494 e. The predicted octanol–water partition coefficient (Wildman–Crippen LogP) is 4.62. The molecule has 0 fully saturated rings. The van der Waals surface area contributed by atoms with Gasteiger partial charge in [0.2, 0.25) is 0 Å². The summed E-state index contributed by atoms with van der Waals surface area (Å²) in [5.41, 5.74) is 4.49. The van der Waals surface area contributed by atoms with Crippen LogP contribution in [0, 0.1) is 5.82 Å². The van der Waals surface area contributed by atoms with Crippen LogP contribution in [0.15, 0.2) is 71.9 Å². The van der Waals surface area contributed by atoms with Crippen molar-refractivity contribution in [3.05, 3.63) is 116 Å². The van der Waals surface area contributed by atoms with Crippen LogP contribution in [0.4, 0.5) is 10.2 Å². The highest BCUT2D eigenvalue weighted by molar-refractivity contribution is 6.31. The zero-order valence-corrected chi connectivity index (χ0v) is 20.5. The molecular formula is C27H25ClFN5O2. The number of anilines is 1. The number of ether oxygens (including phenoxy) is 1. The smallest absolute Gasteiger partial charge is 0.250 e. The van der Waals surface area contributed by atoms with Gasteiger partial charge < -0.3 is 14.6 Å². The average Bonchev–Trinajstić information content (AvgIpc) is 3.30. The summed E-state index contributed by atoms with van der Waals surface area (Å²) in [6.45, 7) is 2.84. The predicted molar refractivity (Wildman–Crippen MR) is 137 cm³/mol. The first-order valence-corrected chi connectivity index (χ1v) is 11.9. The van der Waals surface area contributed by atoms with Gasteiger partial charge in [0, 0.05) is 54.6 Å². The molecule has 0 unspecified atom stereocenters. The highest BCUT2D eigenvalue weighted by Crippen LogP contribution is 2.30. The zero-order chi connectivity index (χ0) is 25.1. The van der Waals surface area contributed by atoms with E-state index in [1.54, 1.807) is 29.0 Å². The number of aromatic nitrogens is 3. The Morgan fingerprint density at radius 3 is 2.56 bits per heavy atom. The molecule has 0 radical (unpaired) electrons. The van der Waals surface area contributed by atoms with E-state index >= 15 is 0 Å². The van der Waals surface area contributed by atoms with Crippen molar-refractivity contribution in [1.29, 1.82) is 0 Å². The van der Waals surface area contributed by atoms with Crippen LogP contribution in [0.1, 0.15) is 27.9 Å². The third kappa shape index (κ3) is 5.10. The Morgan fingerprint density at radius 2 is 1.81 bits per heavy atom. The number of pyridine rings is 1. The van der Waals surface area contributed by atoms with Crippen molar-refractivity contribution in [3.63, 3.8) is 0 Å². The lowest BCUT2D eigenvalue weighted by Gasteiger charge is -2.15. The Balaban J connectivity index is 1.24. The van der Waals surface area contributed by atoms with Crippen LogP contribution in [0.5, 0.6) is 5.75 Å². The minimum absolute atomic E-state index is 0.0154. The third-order valence-electron chi connectivity index (χ3n) is 6.27.